The van der Waals surface area contributed by atoms with Gasteiger partial charge in [0.25, 0.3) is 0 Å². The second-order valence-corrected chi connectivity index (χ2v) is 5.29. The number of carboxylic acid groups (broad SMARTS) is 1. The Bertz CT molecular complexity index is 443. The maximum Gasteiger partial charge on any atom is 0.309 e. The van der Waals surface area contributed by atoms with Gasteiger partial charge in [-0.15, -0.1) is 0 Å². The second kappa shape index (κ2) is 5.38. The summed E-state index contributed by atoms with van der Waals surface area (Å²) in [6.07, 6.45) is 0.537. The van der Waals surface area contributed by atoms with Crippen LogP contribution in [0, 0.1) is 18.2 Å². The van der Waals surface area contributed by atoms with Gasteiger partial charge in [-0.3, -0.25) is 4.79 Å². The molecule has 0 heterocycles. The smallest absolute Gasteiger partial charge is 0.309 e. The number of hydrogen-bond donors (Lipinski definition) is 1. The van der Waals surface area contributed by atoms with Gasteiger partial charge in [0, 0.05) is 19.3 Å². The lowest BCUT2D eigenvalue weighted by Crippen LogP contribution is -2.30. The molecule has 0 aliphatic rings. The molecule has 0 bridgehead atoms. The van der Waals surface area contributed by atoms with Gasteiger partial charge in [-0.2, -0.15) is 0 Å². The third kappa shape index (κ3) is 3.45. The van der Waals surface area contributed by atoms with E-state index >= 15 is 0 Å². The van der Waals surface area contributed by atoms with E-state index in [1.807, 2.05) is 11.9 Å². The van der Waals surface area contributed by atoms with Gasteiger partial charge in [0.15, 0.2) is 0 Å². The van der Waals surface area contributed by atoms with Crippen molar-refractivity contribution in [2.24, 2.45) is 5.41 Å². The number of aliphatic carboxylic acids is 1. The molecule has 0 atom stereocenters. The van der Waals surface area contributed by atoms with Crippen LogP contribution in [0.25, 0.3) is 0 Å². The molecule has 1 aromatic carbocycles. The van der Waals surface area contributed by atoms with Crippen molar-refractivity contribution in [3.63, 3.8) is 0 Å². The van der Waals surface area contributed by atoms with E-state index in [1.54, 1.807) is 32.9 Å². The first kappa shape index (κ1) is 14.5. The number of nitrogens with zero attached hydrogens (tertiary/aromatic N) is 1. The predicted molar refractivity (Wildman–Crippen MR) is 70.4 cm³/mol. The number of rotatable bonds is 5. The molecule has 0 unspecified atom stereocenters. The van der Waals surface area contributed by atoms with Crippen LogP contribution < -0.4 is 4.90 Å². The van der Waals surface area contributed by atoms with Gasteiger partial charge in [-0.05, 0) is 51.0 Å². The van der Waals surface area contributed by atoms with Crippen molar-refractivity contribution in [3.05, 3.63) is 29.6 Å². The van der Waals surface area contributed by atoms with E-state index in [-0.39, 0.29) is 5.82 Å². The lowest BCUT2D eigenvalue weighted by atomic mass is 9.89. The van der Waals surface area contributed by atoms with Gasteiger partial charge in [0.2, 0.25) is 0 Å². The number of halogens is 1. The highest BCUT2D eigenvalue weighted by molar-refractivity contribution is 5.73. The fourth-order valence-corrected chi connectivity index (χ4v) is 1.55. The minimum absolute atomic E-state index is 0.224. The van der Waals surface area contributed by atoms with Crippen LogP contribution in [0.15, 0.2) is 18.2 Å². The first-order chi connectivity index (χ1) is 8.24. The van der Waals surface area contributed by atoms with Crippen molar-refractivity contribution in [1.29, 1.82) is 0 Å². The van der Waals surface area contributed by atoms with Crippen LogP contribution in [0.1, 0.15) is 25.8 Å². The van der Waals surface area contributed by atoms with Crippen LogP contribution in [0.2, 0.25) is 0 Å². The maximum atomic E-state index is 13.1. The van der Waals surface area contributed by atoms with Gasteiger partial charge >= 0.3 is 5.97 Å². The summed E-state index contributed by atoms with van der Waals surface area (Å²) in [7, 11) is 1.88. The van der Waals surface area contributed by atoms with Crippen LogP contribution in [0.3, 0.4) is 0 Å². The van der Waals surface area contributed by atoms with Crippen molar-refractivity contribution in [1.82, 2.24) is 0 Å². The van der Waals surface area contributed by atoms with Crippen molar-refractivity contribution in [3.8, 4) is 0 Å². The number of carbonyl (C=O) groups is 1. The molecule has 100 valence electrons. The Hall–Kier alpha value is -1.58. The lowest BCUT2D eigenvalue weighted by molar-refractivity contribution is -0.147. The normalized spacial score (nSPS) is 11.4. The van der Waals surface area contributed by atoms with Crippen LogP contribution in [-0.4, -0.2) is 24.7 Å². The second-order valence-electron chi connectivity index (χ2n) is 5.29. The summed E-state index contributed by atoms with van der Waals surface area (Å²) >= 11 is 0. The highest BCUT2D eigenvalue weighted by Crippen LogP contribution is 2.23. The molecule has 0 radical (unpaired) electrons. The third-order valence-electron chi connectivity index (χ3n) is 3.23. The zero-order chi connectivity index (χ0) is 13.9. The highest BCUT2D eigenvalue weighted by atomic mass is 19.1. The van der Waals surface area contributed by atoms with Crippen molar-refractivity contribution >= 4 is 11.7 Å². The molecule has 0 aromatic heterocycles. The number of carboxylic acids is 1. The van der Waals surface area contributed by atoms with E-state index in [1.165, 1.54) is 6.07 Å². The maximum absolute atomic E-state index is 13.1. The summed E-state index contributed by atoms with van der Waals surface area (Å²) in [5, 5.41) is 9.04. The number of anilines is 1. The fraction of sp³-hybridized carbons (Fsp3) is 0.500. The molecular formula is C14H20FNO2. The first-order valence-electron chi connectivity index (χ1n) is 5.95. The summed E-state index contributed by atoms with van der Waals surface area (Å²) < 4.78 is 13.1. The largest absolute Gasteiger partial charge is 0.481 e. The number of benzene rings is 1. The Balaban J connectivity index is 2.68. The molecule has 0 saturated heterocycles. The first-order valence-corrected chi connectivity index (χ1v) is 5.95. The van der Waals surface area contributed by atoms with Crippen molar-refractivity contribution < 1.29 is 14.3 Å². The lowest BCUT2D eigenvalue weighted by Gasteiger charge is -2.25. The topological polar surface area (TPSA) is 40.5 Å². The standard InChI is InChI=1S/C14H20FNO2/c1-10-9-11(5-6-12(10)15)16(4)8-7-14(2,3)13(17)18/h5-6,9H,7-8H2,1-4H3,(H,17,18). The van der Waals surface area contributed by atoms with Gasteiger partial charge in [0.05, 0.1) is 5.41 Å². The molecule has 3 nitrogen and oxygen atoms in total. The Labute approximate surface area is 107 Å². The fourth-order valence-electron chi connectivity index (χ4n) is 1.55. The molecule has 1 aromatic rings. The van der Waals surface area contributed by atoms with Gasteiger partial charge in [-0.1, -0.05) is 0 Å². The Morgan fingerprint density at radius 2 is 2.06 bits per heavy atom. The van der Waals surface area contributed by atoms with Crippen LogP contribution in [0.4, 0.5) is 10.1 Å². The minimum atomic E-state index is -0.800. The molecule has 0 aliphatic heterocycles. The zero-order valence-electron chi connectivity index (χ0n) is 11.3. The molecule has 1 N–H and O–H groups in total. The molecule has 0 amide bonds. The van der Waals surface area contributed by atoms with E-state index in [9.17, 15) is 9.18 Å². The SMILES string of the molecule is Cc1cc(N(C)CCC(C)(C)C(=O)O)ccc1F. The number of hydrogen-bond acceptors (Lipinski definition) is 2. The summed E-state index contributed by atoms with van der Waals surface area (Å²) in [6, 6.07) is 4.91. The average Bonchev–Trinajstić information content (AvgIpc) is 2.29. The Morgan fingerprint density at radius 3 is 2.56 bits per heavy atom. The summed E-state index contributed by atoms with van der Waals surface area (Å²) in [5.74, 6) is -1.02. The summed E-state index contributed by atoms with van der Waals surface area (Å²) in [5.41, 5.74) is 0.746. The van der Waals surface area contributed by atoms with E-state index in [0.29, 0.717) is 18.5 Å². The van der Waals surface area contributed by atoms with Crippen LogP contribution in [-0.2, 0) is 4.79 Å². The molecule has 0 fully saturated rings. The van der Waals surface area contributed by atoms with E-state index in [4.69, 9.17) is 5.11 Å². The third-order valence-corrected chi connectivity index (χ3v) is 3.23. The van der Waals surface area contributed by atoms with E-state index < -0.39 is 11.4 Å². The quantitative estimate of drug-likeness (QED) is 0.876. The van der Waals surface area contributed by atoms with E-state index in [0.717, 1.165) is 5.69 Å². The highest BCUT2D eigenvalue weighted by Gasteiger charge is 2.27. The zero-order valence-corrected chi connectivity index (χ0v) is 11.3. The molecule has 4 heteroatoms. The average molecular weight is 253 g/mol. The molecule has 18 heavy (non-hydrogen) atoms. The monoisotopic (exact) mass is 253 g/mol. The predicted octanol–water partition coefficient (Wildman–Crippen LogP) is 3.07. The van der Waals surface area contributed by atoms with Gasteiger partial charge in [-0.25, -0.2) is 4.39 Å². The van der Waals surface area contributed by atoms with Crippen molar-refractivity contribution in [2.75, 3.05) is 18.5 Å². The Morgan fingerprint density at radius 1 is 1.44 bits per heavy atom. The molecule has 0 spiro atoms. The van der Waals surface area contributed by atoms with Crippen LogP contribution >= 0.6 is 0 Å². The Kier molecular flexibility index (Phi) is 4.33. The molecule has 0 saturated carbocycles. The summed E-state index contributed by atoms with van der Waals surface area (Å²) in [4.78, 5) is 12.9. The minimum Gasteiger partial charge on any atom is -0.481 e. The summed E-state index contributed by atoms with van der Waals surface area (Å²) in [6.45, 7) is 5.75. The van der Waals surface area contributed by atoms with E-state index in [2.05, 4.69) is 0 Å². The molecular weight excluding hydrogens is 233 g/mol. The van der Waals surface area contributed by atoms with Crippen molar-refractivity contribution in [2.45, 2.75) is 27.2 Å². The van der Waals surface area contributed by atoms with Gasteiger partial charge in [0.1, 0.15) is 5.82 Å². The molecule has 0 aliphatic carbocycles. The number of aryl methyl sites for hydroxylation is 1. The van der Waals surface area contributed by atoms with Crippen LogP contribution in [0.5, 0.6) is 0 Å². The van der Waals surface area contributed by atoms with Gasteiger partial charge < -0.3 is 10.0 Å². The molecule has 1 rings (SSSR count).